The standard InChI is InChI=1S/C32H43F3N2O4S/c1-26(2)10-12-31(37-42(40,41)18-32(33,34)35)13-11-30(7)24(20(31)16-26)21(38)14-23-28(5)15-19(17-36)25(39)27(3,4)22(28)8-9-29(23,30)6/h14-15,20,22,24,37H,8-13,16,18H2,1-7H3/t20?,22-,24?,28-,29+,30+,31-/m0/s1. The molecule has 0 aromatic rings. The van der Waals surface area contributed by atoms with Crippen molar-refractivity contribution in [3.8, 4) is 6.07 Å². The molecule has 5 aliphatic rings. The predicted octanol–water partition coefficient (Wildman–Crippen LogP) is 6.44. The van der Waals surface area contributed by atoms with Gasteiger partial charge in [-0.15, -0.1) is 0 Å². The van der Waals surface area contributed by atoms with Crippen molar-refractivity contribution in [3.05, 3.63) is 23.3 Å². The van der Waals surface area contributed by atoms with Crippen molar-refractivity contribution in [2.24, 2.45) is 44.8 Å². The van der Waals surface area contributed by atoms with E-state index in [9.17, 15) is 36.4 Å². The summed E-state index contributed by atoms with van der Waals surface area (Å²) < 4.78 is 68.1. The molecule has 0 aliphatic heterocycles. The molecule has 5 rings (SSSR count). The quantitative estimate of drug-likeness (QED) is 0.397. The maximum atomic E-state index is 14.4. The number of sulfonamides is 1. The van der Waals surface area contributed by atoms with Crippen LogP contribution >= 0.6 is 0 Å². The first-order valence-corrected chi connectivity index (χ1v) is 16.6. The van der Waals surface area contributed by atoms with E-state index in [0.29, 0.717) is 44.9 Å². The second-order valence-corrected chi connectivity index (χ2v) is 17.6. The van der Waals surface area contributed by atoms with E-state index >= 15 is 0 Å². The van der Waals surface area contributed by atoms with Gasteiger partial charge in [0.1, 0.15) is 6.07 Å². The third-order valence-corrected chi connectivity index (χ3v) is 14.0. The minimum atomic E-state index is -4.88. The summed E-state index contributed by atoms with van der Waals surface area (Å²) in [6, 6.07) is 2.10. The molecular formula is C32H43F3N2O4S. The molecule has 1 N–H and O–H groups in total. The number of nitrogens with zero attached hydrogens (tertiary/aromatic N) is 1. The lowest BCUT2D eigenvalue weighted by Gasteiger charge is -2.69. The summed E-state index contributed by atoms with van der Waals surface area (Å²) in [7, 11) is -4.69. The number of ketones is 2. The highest BCUT2D eigenvalue weighted by Gasteiger charge is 2.70. The van der Waals surface area contributed by atoms with Crippen molar-refractivity contribution in [2.45, 2.75) is 105 Å². The average Bonchev–Trinajstić information content (AvgIpc) is 2.82. The van der Waals surface area contributed by atoms with Crippen molar-refractivity contribution in [1.29, 1.82) is 5.26 Å². The fourth-order valence-corrected chi connectivity index (χ4v) is 11.8. The molecule has 0 spiro atoms. The van der Waals surface area contributed by atoms with E-state index in [4.69, 9.17) is 0 Å². The number of fused-ring (bicyclic) bond motifs is 7. The molecule has 232 valence electrons. The number of nitriles is 1. The average molecular weight is 609 g/mol. The van der Waals surface area contributed by atoms with Crippen LogP contribution < -0.4 is 4.72 Å². The van der Waals surface area contributed by atoms with E-state index in [1.165, 1.54) is 0 Å². The Bertz CT molecular complexity index is 1450. The number of carbonyl (C=O) groups is 2. The number of nitrogens with one attached hydrogen (secondary N) is 1. The van der Waals surface area contributed by atoms with Gasteiger partial charge in [0.25, 0.3) is 0 Å². The molecule has 6 nitrogen and oxygen atoms in total. The molecule has 0 amide bonds. The lowest BCUT2D eigenvalue weighted by Crippen LogP contribution is -2.70. The van der Waals surface area contributed by atoms with Crippen molar-refractivity contribution >= 4 is 21.6 Å². The van der Waals surface area contributed by atoms with Crippen LogP contribution in [0.3, 0.4) is 0 Å². The van der Waals surface area contributed by atoms with Crippen LogP contribution in [0, 0.1) is 56.2 Å². The molecular weight excluding hydrogens is 565 g/mol. The van der Waals surface area contributed by atoms with Gasteiger partial charge in [-0.2, -0.15) is 18.4 Å². The molecule has 42 heavy (non-hydrogen) atoms. The van der Waals surface area contributed by atoms with Gasteiger partial charge in [0, 0.05) is 22.3 Å². The number of allylic oxidation sites excluding steroid dienone is 4. The van der Waals surface area contributed by atoms with Crippen molar-refractivity contribution in [2.75, 3.05) is 5.75 Å². The molecule has 2 unspecified atom stereocenters. The number of hydrogen-bond acceptors (Lipinski definition) is 5. The van der Waals surface area contributed by atoms with Gasteiger partial charge in [-0.25, -0.2) is 13.1 Å². The molecule has 10 heteroatoms. The van der Waals surface area contributed by atoms with Crippen LogP contribution in [0.5, 0.6) is 0 Å². The van der Waals surface area contributed by atoms with E-state index in [1.54, 1.807) is 12.2 Å². The lowest BCUT2D eigenvalue weighted by atomic mass is 9.35. The number of halogens is 3. The summed E-state index contributed by atoms with van der Waals surface area (Å²) in [5.41, 5.74) is -2.89. The van der Waals surface area contributed by atoms with Gasteiger partial charge in [0.2, 0.25) is 10.0 Å². The highest BCUT2D eigenvalue weighted by atomic mass is 32.2. The summed E-state index contributed by atoms with van der Waals surface area (Å²) in [6.07, 6.45) is 2.39. The molecule has 5 aliphatic carbocycles. The van der Waals surface area contributed by atoms with Crippen LogP contribution in [0.15, 0.2) is 23.3 Å². The molecule has 0 heterocycles. The zero-order valence-electron chi connectivity index (χ0n) is 25.7. The minimum Gasteiger partial charge on any atom is -0.295 e. The highest BCUT2D eigenvalue weighted by molar-refractivity contribution is 7.89. The van der Waals surface area contributed by atoms with E-state index in [2.05, 4.69) is 38.5 Å². The van der Waals surface area contributed by atoms with Gasteiger partial charge in [-0.1, -0.05) is 60.1 Å². The normalized spacial score (nSPS) is 42.6. The zero-order chi connectivity index (χ0) is 31.5. The van der Waals surface area contributed by atoms with Gasteiger partial charge < -0.3 is 0 Å². The third-order valence-electron chi connectivity index (χ3n) is 12.6. The Labute approximate surface area is 247 Å². The number of hydrogen-bond donors (Lipinski definition) is 1. The van der Waals surface area contributed by atoms with Crippen LogP contribution in [0.1, 0.15) is 93.4 Å². The first kappa shape index (κ1) is 31.4. The molecule has 0 radical (unpaired) electrons. The SMILES string of the molecule is CC1(C)CC[C@]2(NS(=O)(=O)CC(F)(F)F)CC[C@]3(C)C(C(=O)C=C4[C@@]5(C)C=C(C#N)C(=O)C(C)(C)[C@@H]5CC[C@]43C)C2C1. The fraction of sp³-hybridized carbons (Fsp3) is 0.781. The summed E-state index contributed by atoms with van der Waals surface area (Å²) in [6.45, 7) is 14.2. The van der Waals surface area contributed by atoms with E-state index in [-0.39, 0.29) is 28.5 Å². The number of Topliss-reactive ketones (excluding diaryl/α,β-unsaturated/α-hetero) is 1. The smallest absolute Gasteiger partial charge is 0.295 e. The molecule has 0 aromatic heterocycles. The van der Waals surface area contributed by atoms with Crippen LogP contribution in [-0.2, 0) is 19.6 Å². The minimum absolute atomic E-state index is 0.104. The summed E-state index contributed by atoms with van der Waals surface area (Å²) in [5.74, 6) is -3.41. The van der Waals surface area contributed by atoms with E-state index < -0.39 is 61.0 Å². The van der Waals surface area contributed by atoms with Gasteiger partial charge >= 0.3 is 6.18 Å². The maximum Gasteiger partial charge on any atom is 0.404 e. The molecule has 0 saturated heterocycles. The second-order valence-electron chi connectivity index (χ2n) is 15.9. The van der Waals surface area contributed by atoms with Gasteiger partial charge in [-0.3, -0.25) is 9.59 Å². The maximum absolute atomic E-state index is 14.4. The number of carbonyl (C=O) groups excluding carboxylic acids is 2. The second kappa shape index (κ2) is 9.03. The zero-order valence-corrected chi connectivity index (χ0v) is 26.5. The van der Waals surface area contributed by atoms with Crippen LogP contribution in [0.2, 0.25) is 0 Å². The Morgan fingerprint density at radius 3 is 2.21 bits per heavy atom. The molecule has 0 bridgehead atoms. The van der Waals surface area contributed by atoms with Gasteiger partial charge in [0.15, 0.2) is 17.3 Å². The Balaban J connectivity index is 1.65. The van der Waals surface area contributed by atoms with Crippen molar-refractivity contribution in [3.63, 3.8) is 0 Å². The summed E-state index contributed by atoms with van der Waals surface area (Å²) in [5, 5.41) is 9.87. The Kier molecular flexibility index (Phi) is 6.76. The van der Waals surface area contributed by atoms with E-state index in [0.717, 1.165) is 5.57 Å². The monoisotopic (exact) mass is 608 g/mol. The van der Waals surface area contributed by atoms with Gasteiger partial charge in [-0.05, 0) is 79.1 Å². The summed E-state index contributed by atoms with van der Waals surface area (Å²) >= 11 is 0. The first-order chi connectivity index (χ1) is 19.0. The molecule has 0 aromatic carbocycles. The first-order valence-electron chi connectivity index (χ1n) is 15.0. The molecule has 3 saturated carbocycles. The lowest BCUT2D eigenvalue weighted by molar-refractivity contribution is -0.159. The van der Waals surface area contributed by atoms with Crippen LogP contribution in [0.25, 0.3) is 0 Å². The van der Waals surface area contributed by atoms with Crippen molar-refractivity contribution < 1.29 is 31.2 Å². The molecule has 7 atom stereocenters. The highest BCUT2D eigenvalue weighted by Crippen LogP contribution is 2.73. The number of rotatable bonds is 3. The summed E-state index contributed by atoms with van der Waals surface area (Å²) in [4.78, 5) is 27.7. The van der Waals surface area contributed by atoms with Gasteiger partial charge in [0.05, 0.1) is 5.57 Å². The third kappa shape index (κ3) is 4.38. The van der Waals surface area contributed by atoms with Crippen LogP contribution in [-0.4, -0.2) is 37.5 Å². The van der Waals surface area contributed by atoms with Crippen LogP contribution in [0.4, 0.5) is 13.2 Å². The predicted molar refractivity (Wildman–Crippen MR) is 152 cm³/mol. The largest absolute Gasteiger partial charge is 0.404 e. The molecule has 3 fully saturated rings. The number of alkyl halides is 3. The Morgan fingerprint density at radius 2 is 1.62 bits per heavy atom. The Hall–Kier alpha value is -1.99. The van der Waals surface area contributed by atoms with Crippen molar-refractivity contribution in [1.82, 2.24) is 4.72 Å². The van der Waals surface area contributed by atoms with E-state index in [1.807, 2.05) is 20.8 Å². The Morgan fingerprint density at radius 1 is 1.00 bits per heavy atom. The topological polar surface area (TPSA) is 104 Å². The fourth-order valence-electron chi connectivity index (χ4n) is 10.4.